The number of hydrogen-bond acceptors (Lipinski definition) is 3. The Hall–Kier alpha value is -2.31. The van der Waals surface area contributed by atoms with Gasteiger partial charge >= 0.3 is 0 Å². The molecule has 0 saturated carbocycles. The van der Waals surface area contributed by atoms with Crippen LogP contribution in [0, 0.1) is 11.3 Å². The van der Waals surface area contributed by atoms with Gasteiger partial charge in [0.15, 0.2) is 0 Å². The van der Waals surface area contributed by atoms with Crippen LogP contribution in [0.5, 0.6) is 0 Å². The molecule has 0 unspecified atom stereocenters. The Morgan fingerprint density at radius 2 is 2.00 bits per heavy atom. The summed E-state index contributed by atoms with van der Waals surface area (Å²) in [4.78, 5) is 2.37. The zero-order valence-corrected chi connectivity index (χ0v) is 12.3. The number of nitrogen functional groups attached to an aromatic ring is 1. The standard InChI is InChI=1S/C18H19N3/c1-2-21-9-8-15-16(13-6-4-3-5-7-13)10-14(11-19)18(20)17(15)12-21/h3-7,10H,2,8-9,12,20H2,1H3. The number of fused-ring (bicyclic) bond motifs is 1. The smallest absolute Gasteiger partial charge is 0.101 e. The van der Waals surface area contributed by atoms with Crippen molar-refractivity contribution in [2.45, 2.75) is 19.9 Å². The van der Waals surface area contributed by atoms with E-state index in [0.29, 0.717) is 11.3 Å². The molecule has 0 saturated heterocycles. The lowest BCUT2D eigenvalue weighted by Crippen LogP contribution is -2.31. The molecule has 0 amide bonds. The summed E-state index contributed by atoms with van der Waals surface area (Å²) in [5.41, 5.74) is 12.2. The van der Waals surface area contributed by atoms with Crippen molar-refractivity contribution < 1.29 is 0 Å². The molecular formula is C18H19N3. The summed E-state index contributed by atoms with van der Waals surface area (Å²) in [6.07, 6.45) is 0.989. The van der Waals surface area contributed by atoms with E-state index in [1.54, 1.807) is 0 Å². The predicted octanol–water partition coefficient (Wildman–Crippen LogP) is 3.19. The van der Waals surface area contributed by atoms with Crippen LogP contribution in [0.3, 0.4) is 0 Å². The van der Waals surface area contributed by atoms with E-state index in [0.717, 1.165) is 42.7 Å². The van der Waals surface area contributed by atoms with Crippen molar-refractivity contribution in [3.05, 3.63) is 53.1 Å². The van der Waals surface area contributed by atoms with Crippen LogP contribution < -0.4 is 5.73 Å². The minimum absolute atomic E-state index is 0.588. The average molecular weight is 277 g/mol. The molecular weight excluding hydrogens is 258 g/mol. The second-order valence-corrected chi connectivity index (χ2v) is 5.44. The fourth-order valence-electron chi connectivity index (χ4n) is 3.07. The molecule has 1 aliphatic rings. The molecule has 0 spiro atoms. The number of nitrogens with two attached hydrogens (primary N) is 1. The quantitative estimate of drug-likeness (QED) is 0.858. The number of rotatable bonds is 2. The highest BCUT2D eigenvalue weighted by Crippen LogP contribution is 2.35. The van der Waals surface area contributed by atoms with Crippen LogP contribution in [-0.4, -0.2) is 18.0 Å². The number of likely N-dealkylation sites (N-methyl/N-ethyl adjacent to an activating group) is 1. The Bertz CT molecular complexity index is 699. The molecule has 3 rings (SSSR count). The van der Waals surface area contributed by atoms with Gasteiger partial charge in [0.25, 0.3) is 0 Å². The Labute approximate surface area is 125 Å². The van der Waals surface area contributed by atoms with Crippen LogP contribution in [-0.2, 0) is 13.0 Å². The molecule has 0 bridgehead atoms. The molecule has 21 heavy (non-hydrogen) atoms. The van der Waals surface area contributed by atoms with Gasteiger partial charge in [0, 0.05) is 13.1 Å². The maximum atomic E-state index is 9.37. The normalized spacial score (nSPS) is 14.5. The van der Waals surface area contributed by atoms with Gasteiger partial charge in [-0.05, 0) is 41.3 Å². The average Bonchev–Trinajstić information content (AvgIpc) is 2.56. The molecule has 3 nitrogen and oxygen atoms in total. The van der Waals surface area contributed by atoms with Crippen molar-refractivity contribution in [2.75, 3.05) is 18.8 Å². The van der Waals surface area contributed by atoms with Crippen LogP contribution in [0.2, 0.25) is 0 Å². The second kappa shape index (κ2) is 5.59. The zero-order valence-electron chi connectivity index (χ0n) is 12.3. The monoisotopic (exact) mass is 277 g/mol. The largest absolute Gasteiger partial charge is 0.397 e. The van der Waals surface area contributed by atoms with E-state index in [-0.39, 0.29) is 0 Å². The highest BCUT2D eigenvalue weighted by Gasteiger charge is 2.22. The lowest BCUT2D eigenvalue weighted by molar-refractivity contribution is 0.269. The van der Waals surface area contributed by atoms with Crippen LogP contribution in [0.25, 0.3) is 11.1 Å². The van der Waals surface area contributed by atoms with Crippen LogP contribution in [0.1, 0.15) is 23.6 Å². The first-order valence-electron chi connectivity index (χ1n) is 7.36. The van der Waals surface area contributed by atoms with Gasteiger partial charge in [0.1, 0.15) is 6.07 Å². The first-order valence-corrected chi connectivity index (χ1v) is 7.36. The van der Waals surface area contributed by atoms with E-state index in [9.17, 15) is 5.26 Å². The van der Waals surface area contributed by atoms with Crippen LogP contribution in [0.4, 0.5) is 5.69 Å². The number of nitrogens with zero attached hydrogens (tertiary/aromatic N) is 2. The molecule has 0 atom stereocenters. The molecule has 2 N–H and O–H groups in total. The Kier molecular flexibility index (Phi) is 3.64. The maximum Gasteiger partial charge on any atom is 0.101 e. The third kappa shape index (κ3) is 2.39. The van der Waals surface area contributed by atoms with Gasteiger partial charge in [0.05, 0.1) is 11.3 Å². The maximum absolute atomic E-state index is 9.37. The van der Waals surface area contributed by atoms with Crippen molar-refractivity contribution >= 4 is 5.69 Å². The number of anilines is 1. The van der Waals surface area contributed by atoms with Gasteiger partial charge in [-0.1, -0.05) is 37.3 Å². The molecule has 0 aliphatic carbocycles. The summed E-state index contributed by atoms with van der Waals surface area (Å²) in [5.74, 6) is 0. The minimum atomic E-state index is 0.588. The Morgan fingerprint density at radius 1 is 1.24 bits per heavy atom. The van der Waals surface area contributed by atoms with Crippen LogP contribution in [0.15, 0.2) is 36.4 Å². The second-order valence-electron chi connectivity index (χ2n) is 5.44. The van der Waals surface area contributed by atoms with Gasteiger partial charge in [-0.15, -0.1) is 0 Å². The van der Waals surface area contributed by atoms with E-state index in [4.69, 9.17) is 5.73 Å². The summed E-state index contributed by atoms with van der Waals surface area (Å²) < 4.78 is 0. The van der Waals surface area contributed by atoms with Gasteiger partial charge in [-0.25, -0.2) is 0 Å². The van der Waals surface area contributed by atoms with Gasteiger partial charge in [0.2, 0.25) is 0 Å². The molecule has 1 aliphatic heterocycles. The molecule has 0 fully saturated rings. The van der Waals surface area contributed by atoms with Crippen molar-refractivity contribution in [1.82, 2.24) is 4.90 Å². The minimum Gasteiger partial charge on any atom is -0.397 e. The number of hydrogen-bond donors (Lipinski definition) is 1. The van der Waals surface area contributed by atoms with E-state index in [1.807, 2.05) is 24.3 Å². The molecule has 2 aromatic rings. The molecule has 0 radical (unpaired) electrons. The fraction of sp³-hybridized carbons (Fsp3) is 0.278. The third-order valence-electron chi connectivity index (χ3n) is 4.31. The number of nitriles is 1. The van der Waals surface area contributed by atoms with Crippen molar-refractivity contribution in [1.29, 1.82) is 5.26 Å². The summed E-state index contributed by atoms with van der Waals surface area (Å²) in [6, 6.07) is 14.5. The Morgan fingerprint density at radius 3 is 2.67 bits per heavy atom. The first-order chi connectivity index (χ1) is 10.2. The topological polar surface area (TPSA) is 53.0 Å². The molecule has 106 valence electrons. The van der Waals surface area contributed by atoms with E-state index >= 15 is 0 Å². The van der Waals surface area contributed by atoms with E-state index < -0.39 is 0 Å². The van der Waals surface area contributed by atoms with Crippen LogP contribution >= 0.6 is 0 Å². The first kappa shape index (κ1) is 13.7. The lowest BCUT2D eigenvalue weighted by atomic mass is 9.87. The summed E-state index contributed by atoms with van der Waals surface area (Å²) in [7, 11) is 0. The van der Waals surface area contributed by atoms with Crippen molar-refractivity contribution in [3.63, 3.8) is 0 Å². The molecule has 0 aromatic heterocycles. The molecule has 2 aromatic carbocycles. The zero-order chi connectivity index (χ0) is 14.8. The number of benzene rings is 2. The lowest BCUT2D eigenvalue weighted by Gasteiger charge is -2.30. The Balaban J connectivity index is 2.21. The molecule has 3 heteroatoms. The highest BCUT2D eigenvalue weighted by molar-refractivity contribution is 5.77. The summed E-state index contributed by atoms with van der Waals surface area (Å²) >= 11 is 0. The SMILES string of the molecule is CCN1CCc2c(-c3ccccc3)cc(C#N)c(N)c2C1. The molecule has 1 heterocycles. The summed E-state index contributed by atoms with van der Waals surface area (Å²) in [5, 5.41) is 9.37. The van der Waals surface area contributed by atoms with Gasteiger partial charge in [-0.2, -0.15) is 5.26 Å². The van der Waals surface area contributed by atoms with Crippen molar-refractivity contribution in [2.24, 2.45) is 0 Å². The van der Waals surface area contributed by atoms with E-state index in [1.165, 1.54) is 5.56 Å². The van der Waals surface area contributed by atoms with Crippen molar-refractivity contribution in [3.8, 4) is 17.2 Å². The van der Waals surface area contributed by atoms with E-state index in [2.05, 4.69) is 30.0 Å². The third-order valence-corrected chi connectivity index (χ3v) is 4.31. The fourth-order valence-corrected chi connectivity index (χ4v) is 3.07. The van der Waals surface area contributed by atoms with Gasteiger partial charge < -0.3 is 5.73 Å². The summed E-state index contributed by atoms with van der Waals surface area (Å²) in [6.45, 7) is 5.06. The highest BCUT2D eigenvalue weighted by atomic mass is 15.1. The predicted molar refractivity (Wildman–Crippen MR) is 85.7 cm³/mol. The van der Waals surface area contributed by atoms with Gasteiger partial charge in [-0.3, -0.25) is 4.90 Å².